The first-order valence-corrected chi connectivity index (χ1v) is 7.61. The van der Waals surface area contributed by atoms with Crippen molar-refractivity contribution in [2.75, 3.05) is 0 Å². The van der Waals surface area contributed by atoms with E-state index in [1.165, 1.54) is 57.0 Å². The van der Waals surface area contributed by atoms with Gasteiger partial charge >= 0.3 is 0 Å². The van der Waals surface area contributed by atoms with E-state index >= 15 is 0 Å². The van der Waals surface area contributed by atoms with Crippen LogP contribution in [0.4, 0.5) is 0 Å². The van der Waals surface area contributed by atoms with Gasteiger partial charge in [0.15, 0.2) is 0 Å². The molecular weight excluding hydrogens is 254 g/mol. The molecule has 21 heavy (non-hydrogen) atoms. The standard InChI is InChI=1S/C20H19N/c1-13-11-14(12-21)5-9-17(13)18-10-8-16-7-6-15-3-2-4-19(18)20(15)16/h2-5,8-11H,6-7,12,21H2,1H3. The van der Waals surface area contributed by atoms with Gasteiger partial charge in [-0.3, -0.25) is 0 Å². The molecule has 0 bridgehead atoms. The van der Waals surface area contributed by atoms with Crippen LogP contribution in [0.3, 0.4) is 0 Å². The minimum absolute atomic E-state index is 0.602. The monoisotopic (exact) mass is 273 g/mol. The van der Waals surface area contributed by atoms with Crippen molar-refractivity contribution < 1.29 is 0 Å². The largest absolute Gasteiger partial charge is 0.326 e. The van der Waals surface area contributed by atoms with E-state index in [1.54, 1.807) is 0 Å². The maximum absolute atomic E-state index is 5.75. The first-order valence-electron chi connectivity index (χ1n) is 7.61. The number of nitrogens with two attached hydrogens (primary N) is 1. The summed E-state index contributed by atoms with van der Waals surface area (Å²) in [5.74, 6) is 0. The maximum atomic E-state index is 5.75. The van der Waals surface area contributed by atoms with Gasteiger partial charge in [0, 0.05) is 6.54 Å². The third-order valence-corrected chi connectivity index (χ3v) is 4.69. The molecular formula is C20H19N. The van der Waals surface area contributed by atoms with E-state index in [2.05, 4.69) is 55.5 Å². The molecule has 0 fully saturated rings. The SMILES string of the molecule is Cc1cc(CN)ccc1-c1ccc2c3c(cccc13)CC2. The highest BCUT2D eigenvalue weighted by Crippen LogP contribution is 2.38. The normalized spacial score (nSPS) is 13.0. The van der Waals surface area contributed by atoms with E-state index in [0.717, 1.165) is 0 Å². The quantitative estimate of drug-likeness (QED) is 0.737. The van der Waals surface area contributed by atoms with E-state index < -0.39 is 0 Å². The Morgan fingerprint density at radius 1 is 0.905 bits per heavy atom. The zero-order chi connectivity index (χ0) is 14.4. The second kappa shape index (κ2) is 4.71. The molecule has 3 aromatic carbocycles. The third kappa shape index (κ3) is 1.89. The number of aryl methyl sites for hydroxylation is 3. The smallest absolute Gasteiger partial charge is 0.0178 e. The van der Waals surface area contributed by atoms with Crippen LogP contribution in [0, 0.1) is 6.92 Å². The summed E-state index contributed by atoms with van der Waals surface area (Å²) in [6.45, 7) is 2.78. The molecule has 104 valence electrons. The van der Waals surface area contributed by atoms with Crippen LogP contribution in [0.5, 0.6) is 0 Å². The van der Waals surface area contributed by atoms with Crippen LogP contribution in [0.15, 0.2) is 48.5 Å². The van der Waals surface area contributed by atoms with E-state index in [0.29, 0.717) is 6.54 Å². The van der Waals surface area contributed by atoms with Crippen molar-refractivity contribution in [3.8, 4) is 11.1 Å². The lowest BCUT2D eigenvalue weighted by Gasteiger charge is -2.12. The first-order chi connectivity index (χ1) is 10.3. The molecule has 1 heteroatoms. The van der Waals surface area contributed by atoms with Gasteiger partial charge in [-0.05, 0) is 63.9 Å². The summed E-state index contributed by atoms with van der Waals surface area (Å²) in [7, 11) is 0. The molecule has 0 spiro atoms. The molecule has 2 N–H and O–H groups in total. The Bertz CT molecular complexity index is 836. The van der Waals surface area contributed by atoms with Crippen LogP contribution >= 0.6 is 0 Å². The van der Waals surface area contributed by atoms with E-state index in [-0.39, 0.29) is 0 Å². The topological polar surface area (TPSA) is 26.0 Å². The number of hydrogen-bond donors (Lipinski definition) is 1. The van der Waals surface area contributed by atoms with Crippen LogP contribution in [-0.4, -0.2) is 0 Å². The van der Waals surface area contributed by atoms with Crippen molar-refractivity contribution >= 4 is 10.8 Å². The molecule has 4 rings (SSSR count). The van der Waals surface area contributed by atoms with Crippen LogP contribution in [0.25, 0.3) is 21.9 Å². The average molecular weight is 273 g/mol. The molecule has 1 aliphatic carbocycles. The van der Waals surface area contributed by atoms with E-state index in [9.17, 15) is 0 Å². The second-order valence-electron chi connectivity index (χ2n) is 5.97. The second-order valence-corrected chi connectivity index (χ2v) is 5.97. The van der Waals surface area contributed by atoms with Crippen LogP contribution in [-0.2, 0) is 19.4 Å². The van der Waals surface area contributed by atoms with Gasteiger partial charge in [0.25, 0.3) is 0 Å². The zero-order valence-electron chi connectivity index (χ0n) is 12.3. The number of hydrogen-bond acceptors (Lipinski definition) is 1. The predicted octanol–water partition coefficient (Wildman–Crippen LogP) is 4.37. The minimum atomic E-state index is 0.602. The predicted molar refractivity (Wildman–Crippen MR) is 89.4 cm³/mol. The summed E-state index contributed by atoms with van der Waals surface area (Å²) in [4.78, 5) is 0. The number of benzene rings is 3. The summed E-state index contributed by atoms with van der Waals surface area (Å²) < 4.78 is 0. The minimum Gasteiger partial charge on any atom is -0.326 e. The van der Waals surface area contributed by atoms with Crippen molar-refractivity contribution in [3.05, 3.63) is 70.8 Å². The van der Waals surface area contributed by atoms with Gasteiger partial charge in [-0.15, -0.1) is 0 Å². The van der Waals surface area contributed by atoms with Gasteiger partial charge in [-0.1, -0.05) is 48.5 Å². The summed E-state index contributed by atoms with van der Waals surface area (Å²) in [5, 5.41) is 2.88. The molecule has 0 amide bonds. The fraction of sp³-hybridized carbons (Fsp3) is 0.200. The molecule has 0 atom stereocenters. The third-order valence-electron chi connectivity index (χ3n) is 4.69. The van der Waals surface area contributed by atoms with Crippen molar-refractivity contribution in [2.24, 2.45) is 5.73 Å². The summed E-state index contributed by atoms with van der Waals surface area (Å²) in [5.41, 5.74) is 13.9. The van der Waals surface area contributed by atoms with Gasteiger partial charge in [0.05, 0.1) is 0 Å². The Morgan fingerprint density at radius 3 is 2.43 bits per heavy atom. The maximum Gasteiger partial charge on any atom is 0.0178 e. The average Bonchev–Trinajstić information content (AvgIpc) is 2.93. The van der Waals surface area contributed by atoms with Gasteiger partial charge < -0.3 is 5.73 Å². The summed E-state index contributed by atoms with van der Waals surface area (Å²) >= 11 is 0. The molecule has 0 saturated carbocycles. The van der Waals surface area contributed by atoms with Crippen molar-refractivity contribution in [2.45, 2.75) is 26.3 Å². The van der Waals surface area contributed by atoms with Gasteiger partial charge in [0.2, 0.25) is 0 Å². The van der Waals surface area contributed by atoms with Crippen molar-refractivity contribution in [1.82, 2.24) is 0 Å². The molecule has 0 radical (unpaired) electrons. The van der Waals surface area contributed by atoms with E-state index in [1.807, 2.05) is 0 Å². The summed E-state index contributed by atoms with van der Waals surface area (Å²) in [6, 6.07) is 17.9. The fourth-order valence-electron chi connectivity index (χ4n) is 3.64. The van der Waals surface area contributed by atoms with Crippen molar-refractivity contribution in [1.29, 1.82) is 0 Å². The lowest BCUT2D eigenvalue weighted by molar-refractivity contribution is 1.02. The zero-order valence-corrected chi connectivity index (χ0v) is 12.3. The molecule has 0 heterocycles. The van der Waals surface area contributed by atoms with Gasteiger partial charge in [-0.2, -0.15) is 0 Å². The molecule has 0 aliphatic heterocycles. The molecule has 1 nitrogen and oxygen atoms in total. The van der Waals surface area contributed by atoms with Crippen LogP contribution in [0.2, 0.25) is 0 Å². The van der Waals surface area contributed by atoms with Gasteiger partial charge in [0.1, 0.15) is 0 Å². The molecule has 1 aliphatic rings. The lowest BCUT2D eigenvalue weighted by Crippen LogP contribution is -1.97. The molecule has 0 saturated heterocycles. The van der Waals surface area contributed by atoms with Crippen molar-refractivity contribution in [3.63, 3.8) is 0 Å². The molecule has 3 aromatic rings. The van der Waals surface area contributed by atoms with E-state index in [4.69, 9.17) is 5.73 Å². The highest BCUT2D eigenvalue weighted by atomic mass is 14.5. The van der Waals surface area contributed by atoms with Gasteiger partial charge in [-0.25, -0.2) is 0 Å². The highest BCUT2D eigenvalue weighted by molar-refractivity contribution is 6.01. The summed E-state index contributed by atoms with van der Waals surface area (Å²) in [6.07, 6.45) is 2.36. The Balaban J connectivity index is 2.00. The Hall–Kier alpha value is -2.12. The Kier molecular flexibility index (Phi) is 2.83. The Morgan fingerprint density at radius 2 is 1.67 bits per heavy atom. The molecule has 0 aromatic heterocycles. The van der Waals surface area contributed by atoms with Crippen LogP contribution in [0.1, 0.15) is 22.3 Å². The first kappa shape index (κ1) is 12.6. The molecule has 0 unspecified atom stereocenters. The number of rotatable bonds is 2. The highest BCUT2D eigenvalue weighted by Gasteiger charge is 2.16. The lowest BCUT2D eigenvalue weighted by atomic mass is 9.92. The van der Waals surface area contributed by atoms with Crippen LogP contribution < -0.4 is 5.73 Å². The fourth-order valence-corrected chi connectivity index (χ4v) is 3.64. The Labute approximate surface area is 125 Å².